The van der Waals surface area contributed by atoms with E-state index in [1.54, 1.807) is 0 Å². The highest BCUT2D eigenvalue weighted by atomic mass is 127. The molecule has 5 heteroatoms. The van der Waals surface area contributed by atoms with Gasteiger partial charge >= 0.3 is 6.09 Å². The molecular formula is C13H19IN2O2. The van der Waals surface area contributed by atoms with Crippen LogP contribution in [0.2, 0.25) is 0 Å². The Morgan fingerprint density at radius 2 is 2.06 bits per heavy atom. The number of hydrogen-bond acceptors (Lipinski definition) is 3. The summed E-state index contributed by atoms with van der Waals surface area (Å²) in [4.78, 5) is 11.6. The zero-order chi connectivity index (χ0) is 13.9. The molecule has 0 aliphatic carbocycles. The van der Waals surface area contributed by atoms with Crippen LogP contribution in [0, 0.1) is 3.57 Å². The topological polar surface area (TPSA) is 64.3 Å². The Hall–Kier alpha value is -0.980. The van der Waals surface area contributed by atoms with Crippen LogP contribution >= 0.6 is 22.6 Å². The van der Waals surface area contributed by atoms with Gasteiger partial charge in [0.05, 0.1) is 6.04 Å². The number of carbonyl (C=O) groups excluding carboxylic acids is 1. The molecule has 1 unspecified atom stereocenters. The molecule has 1 rings (SSSR count). The highest BCUT2D eigenvalue weighted by Crippen LogP contribution is 2.21. The van der Waals surface area contributed by atoms with E-state index in [-0.39, 0.29) is 6.04 Å². The van der Waals surface area contributed by atoms with Crippen LogP contribution in [0.15, 0.2) is 18.2 Å². The fraction of sp³-hybridized carbons (Fsp3) is 0.462. The van der Waals surface area contributed by atoms with Crippen LogP contribution in [0.4, 0.5) is 10.5 Å². The molecular weight excluding hydrogens is 343 g/mol. The Kier molecular flexibility index (Phi) is 4.84. The maximum atomic E-state index is 11.6. The van der Waals surface area contributed by atoms with Gasteiger partial charge in [-0.3, -0.25) is 0 Å². The maximum absolute atomic E-state index is 11.6. The van der Waals surface area contributed by atoms with Gasteiger partial charge in [0, 0.05) is 9.26 Å². The minimum atomic E-state index is -0.487. The fourth-order valence-electron chi connectivity index (χ4n) is 1.38. The lowest BCUT2D eigenvalue weighted by atomic mass is 10.1. The summed E-state index contributed by atoms with van der Waals surface area (Å²) in [5.74, 6) is 0. The van der Waals surface area contributed by atoms with Gasteiger partial charge in [-0.25, -0.2) is 4.79 Å². The number of ether oxygens (including phenoxy) is 1. The van der Waals surface area contributed by atoms with Crippen molar-refractivity contribution in [1.29, 1.82) is 0 Å². The standard InChI is InChI=1S/C13H19IN2O2/c1-8(16-12(17)18-13(2,3)4)9-5-6-11(15)10(14)7-9/h5-8H,15H2,1-4H3,(H,16,17). The van der Waals surface area contributed by atoms with Gasteiger partial charge in [0.15, 0.2) is 0 Å². The Morgan fingerprint density at radius 1 is 1.44 bits per heavy atom. The van der Waals surface area contributed by atoms with E-state index in [2.05, 4.69) is 27.9 Å². The quantitative estimate of drug-likeness (QED) is 0.626. The first-order valence-corrected chi connectivity index (χ1v) is 6.81. The smallest absolute Gasteiger partial charge is 0.408 e. The maximum Gasteiger partial charge on any atom is 0.408 e. The monoisotopic (exact) mass is 362 g/mol. The van der Waals surface area contributed by atoms with E-state index in [0.29, 0.717) is 0 Å². The van der Waals surface area contributed by atoms with Crippen molar-refractivity contribution in [2.45, 2.75) is 39.3 Å². The summed E-state index contributed by atoms with van der Waals surface area (Å²) < 4.78 is 6.18. The van der Waals surface area contributed by atoms with Gasteiger partial charge in [-0.2, -0.15) is 0 Å². The molecule has 1 atom stereocenters. The first-order valence-electron chi connectivity index (χ1n) is 5.73. The van der Waals surface area contributed by atoms with E-state index in [1.165, 1.54) is 0 Å². The summed E-state index contributed by atoms with van der Waals surface area (Å²) in [5, 5.41) is 2.79. The normalized spacial score (nSPS) is 12.9. The molecule has 0 bridgehead atoms. The second kappa shape index (κ2) is 5.77. The van der Waals surface area contributed by atoms with Crippen LogP contribution < -0.4 is 11.1 Å². The Balaban J connectivity index is 2.68. The summed E-state index contributed by atoms with van der Waals surface area (Å²) in [6, 6.07) is 5.58. The lowest BCUT2D eigenvalue weighted by Crippen LogP contribution is -2.34. The third-order valence-electron chi connectivity index (χ3n) is 2.26. The van der Waals surface area contributed by atoms with Crippen molar-refractivity contribution < 1.29 is 9.53 Å². The Labute approximate surface area is 121 Å². The number of nitrogen functional groups attached to an aromatic ring is 1. The average Bonchev–Trinajstić information content (AvgIpc) is 2.18. The average molecular weight is 362 g/mol. The highest BCUT2D eigenvalue weighted by Gasteiger charge is 2.18. The first kappa shape index (κ1) is 15.1. The first-order chi connectivity index (χ1) is 8.19. The lowest BCUT2D eigenvalue weighted by molar-refractivity contribution is 0.0508. The van der Waals surface area contributed by atoms with E-state index in [1.807, 2.05) is 45.9 Å². The molecule has 3 N–H and O–H groups in total. The molecule has 0 aliphatic rings. The van der Waals surface area contributed by atoms with Gasteiger partial charge < -0.3 is 15.8 Å². The molecule has 0 aliphatic heterocycles. The van der Waals surface area contributed by atoms with E-state index in [9.17, 15) is 4.79 Å². The van der Waals surface area contributed by atoms with E-state index >= 15 is 0 Å². The minimum absolute atomic E-state index is 0.117. The number of nitrogens with one attached hydrogen (secondary N) is 1. The molecule has 0 saturated carbocycles. The Morgan fingerprint density at radius 3 is 2.56 bits per heavy atom. The summed E-state index contributed by atoms with van der Waals surface area (Å²) in [6.07, 6.45) is -0.415. The molecule has 1 amide bonds. The van der Waals surface area contributed by atoms with Crippen molar-refractivity contribution in [2.24, 2.45) is 0 Å². The zero-order valence-electron chi connectivity index (χ0n) is 11.1. The lowest BCUT2D eigenvalue weighted by Gasteiger charge is -2.22. The molecule has 0 radical (unpaired) electrons. The number of nitrogens with two attached hydrogens (primary N) is 1. The number of anilines is 1. The predicted octanol–water partition coefficient (Wildman–Crippen LogP) is 3.46. The summed E-state index contributed by atoms with van der Waals surface area (Å²) in [6.45, 7) is 7.42. The van der Waals surface area contributed by atoms with Crippen LogP contribution in [-0.2, 0) is 4.74 Å². The Bertz CT molecular complexity index is 441. The molecule has 18 heavy (non-hydrogen) atoms. The number of hydrogen-bond donors (Lipinski definition) is 2. The third kappa shape index (κ3) is 4.72. The van der Waals surface area contributed by atoms with Gasteiger partial charge in [-0.1, -0.05) is 6.07 Å². The minimum Gasteiger partial charge on any atom is -0.444 e. The summed E-state index contributed by atoms with van der Waals surface area (Å²) >= 11 is 2.17. The van der Waals surface area contributed by atoms with Gasteiger partial charge in [-0.05, 0) is 68.0 Å². The van der Waals surface area contributed by atoms with Crippen molar-refractivity contribution in [3.8, 4) is 0 Å². The fourth-order valence-corrected chi connectivity index (χ4v) is 1.92. The molecule has 0 fully saturated rings. The van der Waals surface area contributed by atoms with Crippen LogP contribution in [-0.4, -0.2) is 11.7 Å². The largest absolute Gasteiger partial charge is 0.444 e. The highest BCUT2D eigenvalue weighted by molar-refractivity contribution is 14.1. The van der Waals surface area contributed by atoms with Gasteiger partial charge in [0.25, 0.3) is 0 Å². The van der Waals surface area contributed by atoms with Crippen molar-refractivity contribution in [3.05, 3.63) is 27.3 Å². The number of amides is 1. The zero-order valence-corrected chi connectivity index (χ0v) is 13.2. The molecule has 0 aromatic heterocycles. The van der Waals surface area contributed by atoms with Crippen molar-refractivity contribution >= 4 is 34.4 Å². The van der Waals surface area contributed by atoms with E-state index in [0.717, 1.165) is 14.8 Å². The SMILES string of the molecule is CC(NC(=O)OC(C)(C)C)c1ccc(N)c(I)c1. The van der Waals surface area contributed by atoms with E-state index < -0.39 is 11.7 Å². The second-order valence-electron chi connectivity index (χ2n) is 5.15. The summed E-state index contributed by atoms with van der Waals surface area (Å²) in [7, 11) is 0. The van der Waals surface area contributed by atoms with Crippen LogP contribution in [0.3, 0.4) is 0 Å². The van der Waals surface area contributed by atoms with Crippen molar-refractivity contribution in [2.75, 3.05) is 5.73 Å². The molecule has 4 nitrogen and oxygen atoms in total. The number of carbonyl (C=O) groups is 1. The number of halogens is 1. The van der Waals surface area contributed by atoms with Crippen molar-refractivity contribution in [3.63, 3.8) is 0 Å². The van der Waals surface area contributed by atoms with Crippen LogP contribution in [0.5, 0.6) is 0 Å². The molecule has 1 aromatic rings. The molecule has 1 aromatic carbocycles. The number of alkyl carbamates (subject to hydrolysis) is 1. The molecule has 0 saturated heterocycles. The molecule has 100 valence electrons. The second-order valence-corrected chi connectivity index (χ2v) is 6.31. The van der Waals surface area contributed by atoms with Crippen molar-refractivity contribution in [1.82, 2.24) is 5.32 Å². The van der Waals surface area contributed by atoms with E-state index in [4.69, 9.17) is 10.5 Å². The van der Waals surface area contributed by atoms with Gasteiger partial charge in [0.2, 0.25) is 0 Å². The third-order valence-corrected chi connectivity index (χ3v) is 3.19. The van der Waals surface area contributed by atoms with Crippen LogP contribution in [0.1, 0.15) is 39.3 Å². The number of benzene rings is 1. The van der Waals surface area contributed by atoms with Crippen LogP contribution in [0.25, 0.3) is 0 Å². The number of rotatable bonds is 2. The predicted molar refractivity (Wildman–Crippen MR) is 81.4 cm³/mol. The van der Waals surface area contributed by atoms with Gasteiger partial charge in [0.1, 0.15) is 5.60 Å². The summed E-state index contributed by atoms with van der Waals surface area (Å²) in [5.41, 5.74) is 7.01. The van der Waals surface area contributed by atoms with Gasteiger partial charge in [-0.15, -0.1) is 0 Å². The molecule has 0 spiro atoms. The molecule has 0 heterocycles.